The zero-order chi connectivity index (χ0) is 47.1. The van der Waals surface area contributed by atoms with E-state index in [9.17, 15) is 24.4 Å². The number of nitriles is 1. The predicted molar refractivity (Wildman–Crippen MR) is 255 cm³/mol. The van der Waals surface area contributed by atoms with Crippen LogP contribution >= 0.6 is 22.9 Å². The van der Waals surface area contributed by atoms with Crippen LogP contribution in [0.1, 0.15) is 101 Å². The average Bonchev–Trinajstić information content (AvgIpc) is 3.94. The van der Waals surface area contributed by atoms with Gasteiger partial charge in [0.15, 0.2) is 0 Å². The number of unbranched alkanes of at least 4 members (excludes halogenated alkanes) is 1. The number of nitrogens with zero attached hydrogens (tertiary/aromatic N) is 3. The van der Waals surface area contributed by atoms with Crippen LogP contribution in [-0.4, -0.2) is 84.0 Å². The first-order valence-corrected chi connectivity index (χ1v) is 23.5. The summed E-state index contributed by atoms with van der Waals surface area (Å²) in [6.07, 6.45) is 2.55. The van der Waals surface area contributed by atoms with Gasteiger partial charge in [0.1, 0.15) is 36.6 Å². The quantitative estimate of drug-likeness (QED) is 0.0716. The Bertz CT molecular complexity index is 2350. The molecule has 2 atom stereocenters. The van der Waals surface area contributed by atoms with Gasteiger partial charge in [-0.25, -0.2) is 4.98 Å². The van der Waals surface area contributed by atoms with Crippen LogP contribution in [0.2, 0.25) is 5.02 Å². The molecule has 3 aromatic carbocycles. The summed E-state index contributed by atoms with van der Waals surface area (Å²) in [5, 5.41) is 22.1. The molecular weight excluding hydrogens is 862 g/mol. The Kier molecular flexibility index (Phi) is 15.6. The number of anilines is 1. The number of likely N-dealkylation sites (tertiary alicyclic amines) is 1. The summed E-state index contributed by atoms with van der Waals surface area (Å²) in [5.41, 5.74) is 5.32. The van der Waals surface area contributed by atoms with Crippen LogP contribution in [0.4, 0.5) is 5.69 Å². The van der Waals surface area contributed by atoms with Gasteiger partial charge in [-0.15, -0.1) is 11.3 Å². The van der Waals surface area contributed by atoms with E-state index in [4.69, 9.17) is 21.1 Å². The third kappa shape index (κ3) is 11.7. The van der Waals surface area contributed by atoms with Crippen molar-refractivity contribution in [3.8, 4) is 22.3 Å². The minimum atomic E-state index is -0.832. The van der Waals surface area contributed by atoms with Gasteiger partial charge in [-0.1, -0.05) is 84.3 Å². The van der Waals surface area contributed by atoms with Crippen LogP contribution in [-0.2, 0) is 25.7 Å². The Hall–Kier alpha value is -5.49. The first-order valence-electron chi connectivity index (χ1n) is 22.3. The molecule has 2 heterocycles. The Morgan fingerprint density at radius 2 is 1.71 bits per heavy atom. The fraction of sp³-hybridized carbons (Fsp3) is 0.480. The van der Waals surface area contributed by atoms with Crippen molar-refractivity contribution in [2.45, 2.75) is 112 Å². The SMILES string of the molecule is Cc1ncsc1-c1ccc(CNC(=O)[C@@H]2CCCN2C(=O)[C@@H](NC(=O)COCCCCNc2ccc(C(=O)N[C@H]3C(C)(C)[C@H](Oc4ccc(C#N)c(Cl)c4)C3(C)C)cc2)C(C)(C)C)cc1. The van der Waals surface area contributed by atoms with E-state index in [1.54, 1.807) is 46.6 Å². The Morgan fingerprint density at radius 1 is 1.00 bits per heavy atom. The van der Waals surface area contributed by atoms with Gasteiger partial charge >= 0.3 is 0 Å². The van der Waals surface area contributed by atoms with Gasteiger partial charge in [-0.2, -0.15) is 5.26 Å². The fourth-order valence-electron chi connectivity index (χ4n) is 9.26. The Morgan fingerprint density at radius 3 is 2.34 bits per heavy atom. The average molecular weight is 925 g/mol. The molecule has 1 saturated heterocycles. The van der Waals surface area contributed by atoms with Gasteiger partial charge < -0.3 is 35.6 Å². The molecule has 13 nitrogen and oxygen atoms in total. The second-order valence-electron chi connectivity index (χ2n) is 19.3. The van der Waals surface area contributed by atoms with E-state index in [2.05, 4.69) is 60.0 Å². The number of carbonyl (C=O) groups is 4. The minimum absolute atomic E-state index is 0.154. The van der Waals surface area contributed by atoms with Crippen molar-refractivity contribution in [1.82, 2.24) is 25.8 Å². The third-order valence-electron chi connectivity index (χ3n) is 12.5. The molecule has 0 unspecified atom stereocenters. The lowest BCUT2D eigenvalue weighted by Gasteiger charge is -2.63. The second kappa shape index (κ2) is 20.8. The number of ether oxygens (including phenoxy) is 2. The van der Waals surface area contributed by atoms with Crippen molar-refractivity contribution < 1.29 is 28.7 Å². The molecular formula is C50H62ClN7O6S. The normalized spacial score (nSPS) is 19.0. The van der Waals surface area contributed by atoms with Crippen molar-refractivity contribution >= 4 is 52.3 Å². The van der Waals surface area contributed by atoms with E-state index in [1.807, 2.05) is 69.6 Å². The largest absolute Gasteiger partial charge is 0.489 e. The van der Waals surface area contributed by atoms with E-state index in [1.165, 1.54) is 0 Å². The molecule has 346 valence electrons. The number of halogens is 1. The molecule has 6 rings (SSSR count). The van der Waals surface area contributed by atoms with Crippen LogP contribution < -0.4 is 26.0 Å². The van der Waals surface area contributed by atoms with Crippen molar-refractivity contribution in [2.75, 3.05) is 31.6 Å². The topological polar surface area (TPSA) is 175 Å². The third-order valence-corrected chi connectivity index (χ3v) is 13.8. The standard InChI is InChI=1S/C50H62ClN7O6S/c1-31-41(65-30-55-31)33-15-13-32(14-16-33)28-54-44(61)39-12-11-24-58(39)45(62)42(48(2,3)4)56-40(59)29-63-25-10-9-23-53-36-20-17-34(18-21-36)43(60)57-46-49(5,6)47(50(46,7)8)64-37-22-19-35(27-52)38(51)26-37/h13-22,26,30,39,42,46-47,53H,9-12,23-25,28-29H2,1-8H3,(H,54,61)(H,56,59)(H,57,60)/t39-,42+,46-,47-/m0/s1. The number of thiazole rings is 1. The molecule has 65 heavy (non-hydrogen) atoms. The highest BCUT2D eigenvalue weighted by Gasteiger charge is 2.64. The highest BCUT2D eigenvalue weighted by molar-refractivity contribution is 7.13. The molecule has 1 aliphatic carbocycles. The molecule has 4 N–H and O–H groups in total. The maximum absolute atomic E-state index is 13.9. The molecule has 0 spiro atoms. The van der Waals surface area contributed by atoms with Crippen LogP contribution in [0.5, 0.6) is 5.75 Å². The highest BCUT2D eigenvalue weighted by Crippen LogP contribution is 2.55. The van der Waals surface area contributed by atoms with E-state index in [0.29, 0.717) is 67.4 Å². The summed E-state index contributed by atoms with van der Waals surface area (Å²) in [5.74, 6) is -0.449. The zero-order valence-electron chi connectivity index (χ0n) is 38.7. The van der Waals surface area contributed by atoms with Crippen molar-refractivity contribution in [3.63, 3.8) is 0 Å². The minimum Gasteiger partial charge on any atom is -0.489 e. The second-order valence-corrected chi connectivity index (χ2v) is 20.6. The molecule has 0 radical (unpaired) electrons. The van der Waals surface area contributed by atoms with E-state index in [0.717, 1.165) is 33.8 Å². The number of carbonyl (C=O) groups excluding carboxylic acids is 4. The van der Waals surface area contributed by atoms with Gasteiger partial charge in [0.2, 0.25) is 17.7 Å². The zero-order valence-corrected chi connectivity index (χ0v) is 40.3. The van der Waals surface area contributed by atoms with E-state index in [-0.39, 0.29) is 53.2 Å². The number of aryl methyl sites for hydroxylation is 1. The monoisotopic (exact) mass is 923 g/mol. The summed E-state index contributed by atoms with van der Waals surface area (Å²) in [4.78, 5) is 60.8. The molecule has 1 saturated carbocycles. The van der Waals surface area contributed by atoms with Gasteiger partial charge in [0, 0.05) is 60.4 Å². The molecule has 2 fully saturated rings. The molecule has 1 aromatic heterocycles. The van der Waals surface area contributed by atoms with Crippen LogP contribution in [0, 0.1) is 34.5 Å². The van der Waals surface area contributed by atoms with E-state index >= 15 is 0 Å². The Labute approximate surface area is 392 Å². The lowest BCUT2D eigenvalue weighted by Crippen LogP contribution is -2.74. The smallest absolute Gasteiger partial charge is 0.251 e. The fourth-order valence-corrected chi connectivity index (χ4v) is 10.3. The lowest BCUT2D eigenvalue weighted by atomic mass is 9.49. The van der Waals surface area contributed by atoms with Crippen LogP contribution in [0.25, 0.3) is 10.4 Å². The lowest BCUT2D eigenvalue weighted by molar-refractivity contribution is -0.164. The molecule has 0 bridgehead atoms. The van der Waals surface area contributed by atoms with Crippen molar-refractivity contribution in [2.24, 2.45) is 16.2 Å². The molecule has 4 aromatic rings. The first-order chi connectivity index (χ1) is 30.8. The maximum atomic E-state index is 13.9. The van der Waals surface area contributed by atoms with Gasteiger partial charge in [0.05, 0.1) is 26.7 Å². The van der Waals surface area contributed by atoms with Crippen LogP contribution in [0.3, 0.4) is 0 Å². The number of hydrogen-bond donors (Lipinski definition) is 4. The van der Waals surface area contributed by atoms with Gasteiger partial charge in [-0.3, -0.25) is 19.2 Å². The number of benzene rings is 3. The number of hydrogen-bond acceptors (Lipinski definition) is 10. The number of aromatic nitrogens is 1. The maximum Gasteiger partial charge on any atom is 0.251 e. The number of rotatable bonds is 18. The summed E-state index contributed by atoms with van der Waals surface area (Å²) >= 11 is 7.83. The molecule has 15 heteroatoms. The number of amides is 4. The summed E-state index contributed by atoms with van der Waals surface area (Å²) in [6.45, 7) is 17.6. The summed E-state index contributed by atoms with van der Waals surface area (Å²) in [7, 11) is 0. The first kappa shape index (κ1) is 49.0. The van der Waals surface area contributed by atoms with E-state index < -0.39 is 17.5 Å². The van der Waals surface area contributed by atoms with Gasteiger partial charge in [0.25, 0.3) is 5.91 Å². The highest BCUT2D eigenvalue weighted by atomic mass is 35.5. The molecule has 2 aliphatic rings. The predicted octanol–water partition coefficient (Wildman–Crippen LogP) is 8.30. The molecule has 4 amide bonds. The summed E-state index contributed by atoms with van der Waals surface area (Å²) < 4.78 is 12.1. The van der Waals surface area contributed by atoms with Crippen molar-refractivity contribution in [3.05, 3.63) is 99.6 Å². The number of nitrogens with one attached hydrogen (secondary N) is 4. The Balaban J connectivity index is 0.885. The molecule has 1 aliphatic heterocycles. The van der Waals surface area contributed by atoms with Crippen LogP contribution in [0.15, 0.2) is 72.2 Å². The van der Waals surface area contributed by atoms with Gasteiger partial charge in [-0.05, 0) is 85.5 Å². The van der Waals surface area contributed by atoms with Crippen molar-refractivity contribution in [1.29, 1.82) is 5.26 Å². The summed E-state index contributed by atoms with van der Waals surface area (Å²) in [6, 6.07) is 20.9.